The summed E-state index contributed by atoms with van der Waals surface area (Å²) in [4.78, 5) is 47.2. The maximum atomic E-state index is 12.7. The fourth-order valence-electron chi connectivity index (χ4n) is 3.13. The lowest BCUT2D eigenvalue weighted by Crippen LogP contribution is -2.42. The van der Waals surface area contributed by atoms with E-state index in [4.69, 9.17) is 4.74 Å². The predicted molar refractivity (Wildman–Crippen MR) is 82.0 cm³/mol. The number of aromatic nitrogens is 2. The van der Waals surface area contributed by atoms with Crippen LogP contribution in [-0.4, -0.2) is 63.4 Å². The summed E-state index contributed by atoms with van der Waals surface area (Å²) < 4.78 is 4.74. The van der Waals surface area contributed by atoms with Crippen molar-refractivity contribution < 1.29 is 19.1 Å². The molecular weight excluding hydrogens is 312 g/mol. The third kappa shape index (κ3) is 2.36. The summed E-state index contributed by atoms with van der Waals surface area (Å²) in [5, 5.41) is 0. The average molecular weight is 326 g/mol. The maximum Gasteiger partial charge on any atom is 0.417 e. The van der Waals surface area contributed by atoms with Crippen LogP contribution in [0.3, 0.4) is 0 Å². The van der Waals surface area contributed by atoms with E-state index in [-0.39, 0.29) is 24.5 Å². The fourth-order valence-corrected chi connectivity index (χ4v) is 3.13. The number of hydrogen-bond donors (Lipinski definition) is 0. The lowest BCUT2D eigenvalue weighted by molar-refractivity contribution is -0.127. The molecule has 2 aromatic rings. The summed E-state index contributed by atoms with van der Waals surface area (Å²) in [6.45, 7) is 0.587. The molecule has 2 fully saturated rings. The Morgan fingerprint density at radius 3 is 2.71 bits per heavy atom. The smallest absolute Gasteiger partial charge is 0.417 e. The Labute approximate surface area is 137 Å². The molecule has 2 aliphatic heterocycles. The van der Waals surface area contributed by atoms with Crippen molar-refractivity contribution in [1.82, 2.24) is 19.8 Å². The number of imide groups is 1. The molecule has 122 valence electrons. The third-order valence-corrected chi connectivity index (χ3v) is 4.32. The number of carbonyl (C=O) groups excluding carboxylic acids is 3. The molecule has 3 heterocycles. The van der Waals surface area contributed by atoms with Crippen molar-refractivity contribution in [2.24, 2.45) is 0 Å². The minimum atomic E-state index is -0.625. The van der Waals surface area contributed by atoms with Crippen molar-refractivity contribution in [3.8, 4) is 0 Å². The summed E-state index contributed by atoms with van der Waals surface area (Å²) in [5.41, 5.74) is 1.88. The van der Waals surface area contributed by atoms with Crippen LogP contribution in [0.5, 0.6) is 0 Å². The topological polar surface area (TPSA) is 92.7 Å². The largest absolute Gasteiger partial charge is 0.439 e. The van der Waals surface area contributed by atoms with Gasteiger partial charge >= 0.3 is 6.09 Å². The molecule has 8 heteroatoms. The van der Waals surface area contributed by atoms with Gasteiger partial charge in [0.2, 0.25) is 0 Å². The van der Waals surface area contributed by atoms with Gasteiger partial charge in [-0.15, -0.1) is 0 Å². The second-order valence-corrected chi connectivity index (χ2v) is 5.77. The minimum absolute atomic E-state index is 0.148. The van der Waals surface area contributed by atoms with Crippen molar-refractivity contribution in [1.29, 1.82) is 0 Å². The van der Waals surface area contributed by atoms with Gasteiger partial charge in [0.05, 0.1) is 17.1 Å². The zero-order chi connectivity index (χ0) is 16.7. The zero-order valence-electron chi connectivity index (χ0n) is 12.7. The van der Waals surface area contributed by atoms with Gasteiger partial charge < -0.3 is 9.64 Å². The lowest BCUT2D eigenvalue weighted by Gasteiger charge is -2.20. The Morgan fingerprint density at radius 1 is 1.17 bits per heavy atom. The second-order valence-electron chi connectivity index (χ2n) is 5.77. The van der Waals surface area contributed by atoms with Gasteiger partial charge in [0.1, 0.15) is 0 Å². The number of fused-ring (bicyclic) bond motifs is 1. The van der Waals surface area contributed by atoms with Crippen molar-refractivity contribution in [2.75, 3.05) is 19.7 Å². The van der Waals surface area contributed by atoms with Gasteiger partial charge in [-0.1, -0.05) is 0 Å². The van der Waals surface area contributed by atoms with Gasteiger partial charge in [-0.2, -0.15) is 0 Å². The molecule has 0 N–H and O–H groups in total. The molecular formula is C16H14N4O4. The molecule has 0 aliphatic carbocycles. The Hall–Kier alpha value is -3.03. The molecule has 1 aromatic heterocycles. The quantitative estimate of drug-likeness (QED) is 0.811. The van der Waals surface area contributed by atoms with E-state index in [1.807, 2.05) is 0 Å². The molecule has 1 aromatic carbocycles. The Bertz CT molecular complexity index is 837. The number of cyclic esters (lactones) is 1. The summed E-state index contributed by atoms with van der Waals surface area (Å²) >= 11 is 0. The fraction of sp³-hybridized carbons (Fsp3) is 0.312. The first kappa shape index (κ1) is 14.6. The van der Waals surface area contributed by atoms with E-state index in [1.165, 1.54) is 0 Å². The van der Waals surface area contributed by atoms with E-state index in [2.05, 4.69) is 9.97 Å². The normalized spacial score (nSPS) is 20.8. The van der Waals surface area contributed by atoms with E-state index in [1.54, 1.807) is 35.5 Å². The number of rotatable bonds is 2. The lowest BCUT2D eigenvalue weighted by atomic mass is 10.1. The van der Waals surface area contributed by atoms with Crippen LogP contribution in [0, 0.1) is 0 Å². The van der Waals surface area contributed by atoms with Crippen molar-refractivity contribution in [2.45, 2.75) is 12.5 Å². The second kappa shape index (κ2) is 5.55. The number of nitrogens with zero attached hydrogens (tertiary/aromatic N) is 4. The van der Waals surface area contributed by atoms with Gasteiger partial charge in [-0.3, -0.25) is 19.6 Å². The first-order valence-electron chi connectivity index (χ1n) is 7.62. The molecule has 24 heavy (non-hydrogen) atoms. The molecule has 0 radical (unpaired) electrons. The van der Waals surface area contributed by atoms with Crippen LogP contribution in [0.1, 0.15) is 16.8 Å². The highest BCUT2D eigenvalue weighted by molar-refractivity contribution is 5.99. The van der Waals surface area contributed by atoms with Crippen LogP contribution in [0.15, 0.2) is 30.6 Å². The molecule has 1 unspecified atom stereocenters. The molecule has 3 amide bonds. The summed E-state index contributed by atoms with van der Waals surface area (Å²) in [6.07, 6.45) is 3.11. The van der Waals surface area contributed by atoms with Gasteiger partial charge in [-0.25, -0.2) is 9.69 Å². The number of benzene rings is 1. The standard InChI is InChI=1S/C16H14N4O4/c21-14-9-24-16(23)20(14)11-3-6-19(8-11)15(22)10-1-2-12-13(7-10)18-5-4-17-12/h1-2,4-5,7,11H,3,6,8-9H2. The number of hydrogen-bond acceptors (Lipinski definition) is 6. The van der Waals surface area contributed by atoms with Crippen LogP contribution in [-0.2, 0) is 9.53 Å². The van der Waals surface area contributed by atoms with Crippen molar-refractivity contribution in [3.05, 3.63) is 36.2 Å². The van der Waals surface area contributed by atoms with Gasteiger partial charge in [0.15, 0.2) is 6.61 Å². The van der Waals surface area contributed by atoms with Crippen LogP contribution < -0.4 is 0 Å². The Morgan fingerprint density at radius 2 is 1.96 bits per heavy atom. The van der Waals surface area contributed by atoms with Crippen LogP contribution in [0.4, 0.5) is 4.79 Å². The summed E-state index contributed by atoms with van der Waals surface area (Å²) in [7, 11) is 0. The van der Waals surface area contributed by atoms with Gasteiger partial charge in [0, 0.05) is 31.0 Å². The third-order valence-electron chi connectivity index (χ3n) is 4.32. The first-order valence-corrected chi connectivity index (χ1v) is 7.62. The van der Waals surface area contributed by atoms with Gasteiger partial charge in [0.25, 0.3) is 11.8 Å². The number of ether oxygens (including phenoxy) is 1. The molecule has 8 nitrogen and oxygen atoms in total. The van der Waals surface area contributed by atoms with E-state index in [0.29, 0.717) is 30.6 Å². The van der Waals surface area contributed by atoms with E-state index in [0.717, 1.165) is 10.4 Å². The SMILES string of the molecule is O=C(c1ccc2nccnc2c1)N1CCC(N2C(=O)COC2=O)C1. The molecule has 0 spiro atoms. The first-order chi connectivity index (χ1) is 11.6. The summed E-state index contributed by atoms with van der Waals surface area (Å²) in [6, 6.07) is 4.84. The molecule has 4 rings (SSSR count). The number of likely N-dealkylation sites (tertiary alicyclic amines) is 1. The average Bonchev–Trinajstić information content (AvgIpc) is 3.20. The Balaban J connectivity index is 1.52. The minimum Gasteiger partial charge on any atom is -0.439 e. The molecule has 0 bridgehead atoms. The van der Waals surface area contributed by atoms with E-state index < -0.39 is 6.09 Å². The van der Waals surface area contributed by atoms with Crippen LogP contribution >= 0.6 is 0 Å². The Kier molecular flexibility index (Phi) is 3.37. The van der Waals surface area contributed by atoms with Crippen molar-refractivity contribution >= 4 is 28.9 Å². The zero-order valence-corrected chi connectivity index (χ0v) is 12.7. The van der Waals surface area contributed by atoms with Crippen molar-refractivity contribution in [3.63, 3.8) is 0 Å². The predicted octanol–water partition coefficient (Wildman–Crippen LogP) is 0.823. The van der Waals surface area contributed by atoms with E-state index in [9.17, 15) is 14.4 Å². The molecule has 0 saturated carbocycles. The van der Waals surface area contributed by atoms with Crippen LogP contribution in [0.2, 0.25) is 0 Å². The van der Waals surface area contributed by atoms with E-state index >= 15 is 0 Å². The number of carbonyl (C=O) groups is 3. The number of amides is 3. The highest BCUT2D eigenvalue weighted by Crippen LogP contribution is 2.22. The molecule has 2 aliphatic rings. The van der Waals surface area contributed by atoms with Crippen LogP contribution in [0.25, 0.3) is 11.0 Å². The highest BCUT2D eigenvalue weighted by Gasteiger charge is 2.41. The van der Waals surface area contributed by atoms with Gasteiger partial charge in [-0.05, 0) is 24.6 Å². The maximum absolute atomic E-state index is 12.7. The highest BCUT2D eigenvalue weighted by atomic mass is 16.6. The molecule has 2 saturated heterocycles. The summed E-state index contributed by atoms with van der Waals surface area (Å²) in [5.74, 6) is -0.495. The monoisotopic (exact) mass is 326 g/mol. The molecule has 1 atom stereocenters.